The van der Waals surface area contributed by atoms with Gasteiger partial charge in [-0.3, -0.25) is 4.90 Å². The van der Waals surface area contributed by atoms with Gasteiger partial charge in [0.15, 0.2) is 0 Å². The van der Waals surface area contributed by atoms with Crippen molar-refractivity contribution < 1.29 is 0 Å². The molecule has 1 aliphatic heterocycles. The van der Waals surface area contributed by atoms with Gasteiger partial charge in [-0.05, 0) is 44.7 Å². The minimum Gasteiger partial charge on any atom is -0.374 e. The quantitative estimate of drug-likeness (QED) is 0.891. The highest BCUT2D eigenvalue weighted by Gasteiger charge is 2.22. The third-order valence-corrected chi connectivity index (χ3v) is 4.57. The number of aromatic nitrogens is 2. The second-order valence-corrected chi connectivity index (χ2v) is 6.19. The van der Waals surface area contributed by atoms with Crippen molar-refractivity contribution >= 4 is 16.5 Å². The van der Waals surface area contributed by atoms with E-state index in [-0.39, 0.29) is 0 Å². The minimum absolute atomic E-state index is 0.824. The molecule has 1 aromatic heterocycles. The first-order valence-electron chi connectivity index (χ1n) is 6.98. The third kappa shape index (κ3) is 3.42. The van der Waals surface area contributed by atoms with Crippen LogP contribution in [0.2, 0.25) is 0 Å². The number of hydrogen-bond acceptors (Lipinski definition) is 5. The number of anilines is 1. The van der Waals surface area contributed by atoms with E-state index < -0.39 is 0 Å². The number of piperidine rings is 1. The lowest BCUT2D eigenvalue weighted by molar-refractivity contribution is 0.151. The zero-order valence-corrected chi connectivity index (χ0v) is 12.5. The molecule has 0 spiro atoms. The number of likely N-dealkylation sites (tertiary alicyclic amines) is 1. The number of hydrogen-bond donors (Lipinski definition) is 1. The van der Waals surface area contributed by atoms with Gasteiger partial charge in [0.2, 0.25) is 0 Å². The number of rotatable bonds is 5. The summed E-state index contributed by atoms with van der Waals surface area (Å²) >= 11 is 1.47. The Hall–Kier alpha value is -0.680. The molecule has 0 unspecified atom stereocenters. The summed E-state index contributed by atoms with van der Waals surface area (Å²) in [6, 6.07) is 0. The van der Waals surface area contributed by atoms with Crippen molar-refractivity contribution in [3.63, 3.8) is 0 Å². The normalized spacial score (nSPS) is 18.4. The molecule has 1 aliphatic rings. The smallest absolute Gasteiger partial charge is 0.134 e. The first-order valence-corrected chi connectivity index (χ1v) is 7.75. The summed E-state index contributed by atoms with van der Waals surface area (Å²) in [5.41, 5.74) is 1.12. The molecule has 1 N–H and O–H groups in total. The SMILES string of the molecule is CCNc1snnc1CN1CCC(C(C)C)CC1. The Balaban J connectivity index is 1.85. The van der Waals surface area contributed by atoms with Crippen LogP contribution in [-0.4, -0.2) is 34.1 Å². The average molecular weight is 268 g/mol. The fraction of sp³-hybridized carbons (Fsp3) is 0.846. The molecule has 2 rings (SSSR count). The highest BCUT2D eigenvalue weighted by molar-refractivity contribution is 7.10. The summed E-state index contributed by atoms with van der Waals surface area (Å²) in [7, 11) is 0. The summed E-state index contributed by atoms with van der Waals surface area (Å²) in [6.45, 7) is 11.1. The van der Waals surface area contributed by atoms with Crippen molar-refractivity contribution in [2.75, 3.05) is 25.0 Å². The van der Waals surface area contributed by atoms with E-state index in [2.05, 4.69) is 40.6 Å². The van der Waals surface area contributed by atoms with E-state index in [9.17, 15) is 0 Å². The fourth-order valence-electron chi connectivity index (χ4n) is 2.60. The number of nitrogens with one attached hydrogen (secondary N) is 1. The Kier molecular flexibility index (Phi) is 4.95. The predicted molar refractivity (Wildman–Crippen MR) is 76.9 cm³/mol. The van der Waals surface area contributed by atoms with Gasteiger partial charge in [-0.15, -0.1) is 5.10 Å². The molecule has 0 saturated carbocycles. The van der Waals surface area contributed by atoms with Gasteiger partial charge in [-0.2, -0.15) is 0 Å². The molecule has 4 nitrogen and oxygen atoms in total. The molecule has 18 heavy (non-hydrogen) atoms. The van der Waals surface area contributed by atoms with E-state index in [1.807, 2.05) is 0 Å². The van der Waals surface area contributed by atoms with Crippen LogP contribution in [0.1, 0.15) is 39.3 Å². The van der Waals surface area contributed by atoms with Crippen LogP contribution >= 0.6 is 11.5 Å². The predicted octanol–water partition coefficient (Wildman–Crippen LogP) is 2.84. The largest absolute Gasteiger partial charge is 0.374 e. The van der Waals surface area contributed by atoms with Gasteiger partial charge in [0.25, 0.3) is 0 Å². The van der Waals surface area contributed by atoms with Crippen molar-refractivity contribution in [1.82, 2.24) is 14.5 Å². The molecule has 0 amide bonds. The van der Waals surface area contributed by atoms with Crippen LogP contribution in [0.3, 0.4) is 0 Å². The highest BCUT2D eigenvalue weighted by atomic mass is 32.1. The zero-order valence-electron chi connectivity index (χ0n) is 11.6. The van der Waals surface area contributed by atoms with Gasteiger partial charge in [-0.25, -0.2) is 0 Å². The molecule has 102 valence electrons. The van der Waals surface area contributed by atoms with E-state index in [1.54, 1.807) is 0 Å². The van der Waals surface area contributed by atoms with Gasteiger partial charge in [0.05, 0.1) is 0 Å². The molecule has 2 heterocycles. The second kappa shape index (κ2) is 6.48. The maximum absolute atomic E-state index is 4.25. The van der Waals surface area contributed by atoms with Gasteiger partial charge in [-0.1, -0.05) is 18.3 Å². The number of nitrogens with zero attached hydrogens (tertiary/aromatic N) is 3. The van der Waals surface area contributed by atoms with Gasteiger partial charge in [0, 0.05) is 24.6 Å². The average Bonchev–Trinajstić information content (AvgIpc) is 2.78. The fourth-order valence-corrected chi connectivity index (χ4v) is 3.24. The summed E-state index contributed by atoms with van der Waals surface area (Å²) in [6.07, 6.45) is 2.65. The molecule has 1 fully saturated rings. The molecule has 5 heteroatoms. The summed E-state index contributed by atoms with van der Waals surface area (Å²) in [5.74, 6) is 1.73. The van der Waals surface area contributed by atoms with Crippen LogP contribution in [0.25, 0.3) is 0 Å². The lowest BCUT2D eigenvalue weighted by atomic mass is 9.87. The van der Waals surface area contributed by atoms with Crippen LogP contribution in [-0.2, 0) is 6.54 Å². The van der Waals surface area contributed by atoms with E-state index in [0.29, 0.717) is 0 Å². The topological polar surface area (TPSA) is 41.1 Å². The van der Waals surface area contributed by atoms with E-state index >= 15 is 0 Å². The first kappa shape index (κ1) is 13.7. The zero-order chi connectivity index (χ0) is 13.0. The third-order valence-electron chi connectivity index (χ3n) is 3.84. The molecule has 0 radical (unpaired) electrons. The standard InChI is InChI=1S/C13H24N4S/c1-4-14-13-12(15-16-18-13)9-17-7-5-11(6-8-17)10(2)3/h10-11,14H,4-9H2,1-3H3. The van der Waals surface area contributed by atoms with E-state index in [0.717, 1.165) is 35.6 Å². The van der Waals surface area contributed by atoms with E-state index in [1.165, 1.54) is 37.5 Å². The Morgan fingerprint density at radius 1 is 1.39 bits per heavy atom. The molecule has 0 bridgehead atoms. The molecule has 0 atom stereocenters. The van der Waals surface area contributed by atoms with Gasteiger partial charge in [0.1, 0.15) is 10.7 Å². The van der Waals surface area contributed by atoms with Gasteiger partial charge >= 0.3 is 0 Å². The summed E-state index contributed by atoms with van der Waals surface area (Å²) in [5, 5.41) is 8.73. The van der Waals surface area contributed by atoms with Crippen LogP contribution in [0.5, 0.6) is 0 Å². The van der Waals surface area contributed by atoms with Crippen molar-refractivity contribution in [1.29, 1.82) is 0 Å². The van der Waals surface area contributed by atoms with E-state index in [4.69, 9.17) is 0 Å². The minimum atomic E-state index is 0.824. The monoisotopic (exact) mass is 268 g/mol. The Labute approximate surface area is 114 Å². The van der Waals surface area contributed by atoms with Crippen LogP contribution in [0.15, 0.2) is 0 Å². The molecule has 0 aliphatic carbocycles. The van der Waals surface area contributed by atoms with Crippen LogP contribution < -0.4 is 5.32 Å². The second-order valence-electron chi connectivity index (χ2n) is 5.44. The molecule has 1 saturated heterocycles. The summed E-state index contributed by atoms with van der Waals surface area (Å²) < 4.78 is 4.05. The Morgan fingerprint density at radius 2 is 2.11 bits per heavy atom. The summed E-state index contributed by atoms with van der Waals surface area (Å²) in [4.78, 5) is 2.51. The lowest BCUT2D eigenvalue weighted by Gasteiger charge is -2.33. The van der Waals surface area contributed by atoms with Crippen molar-refractivity contribution in [3.8, 4) is 0 Å². The van der Waals surface area contributed by atoms with Crippen molar-refractivity contribution in [2.24, 2.45) is 11.8 Å². The molecular formula is C13H24N4S. The maximum Gasteiger partial charge on any atom is 0.134 e. The van der Waals surface area contributed by atoms with Crippen molar-refractivity contribution in [2.45, 2.75) is 40.2 Å². The first-order chi connectivity index (χ1) is 8.70. The van der Waals surface area contributed by atoms with Crippen LogP contribution in [0, 0.1) is 11.8 Å². The Bertz CT molecular complexity index is 356. The highest BCUT2D eigenvalue weighted by Crippen LogP contribution is 2.26. The molecule has 0 aromatic carbocycles. The van der Waals surface area contributed by atoms with Crippen LogP contribution in [0.4, 0.5) is 5.00 Å². The van der Waals surface area contributed by atoms with Crippen molar-refractivity contribution in [3.05, 3.63) is 5.69 Å². The molecular weight excluding hydrogens is 244 g/mol. The van der Waals surface area contributed by atoms with Gasteiger partial charge < -0.3 is 5.32 Å². The molecule has 1 aromatic rings. The Morgan fingerprint density at radius 3 is 2.72 bits per heavy atom. The maximum atomic E-state index is 4.25. The lowest BCUT2D eigenvalue weighted by Crippen LogP contribution is -2.35.